The molecule has 1 saturated heterocycles. The molecular weight excluding hydrogens is 312 g/mol. The molecule has 4 nitrogen and oxygen atoms in total. The molecule has 0 unspecified atom stereocenters. The topological polar surface area (TPSA) is 41.6 Å². The van der Waals surface area contributed by atoms with Gasteiger partial charge in [-0.1, -0.05) is 30.3 Å². The highest BCUT2D eigenvalue weighted by Crippen LogP contribution is 2.55. The van der Waals surface area contributed by atoms with E-state index in [1.807, 2.05) is 23.1 Å². The van der Waals surface area contributed by atoms with E-state index in [1.165, 1.54) is 38.5 Å². The summed E-state index contributed by atoms with van der Waals surface area (Å²) in [5.41, 5.74) is 1.25. The minimum Gasteiger partial charge on any atom is -0.370 e. The Kier molecular flexibility index (Phi) is 3.77. The van der Waals surface area contributed by atoms with Crippen molar-refractivity contribution >= 4 is 6.03 Å². The molecule has 1 aromatic carbocycles. The fraction of sp³-hybridized carbons (Fsp3) is 0.667. The molecule has 2 amide bonds. The van der Waals surface area contributed by atoms with Gasteiger partial charge in [0.1, 0.15) is 6.10 Å². The zero-order valence-corrected chi connectivity index (χ0v) is 14.8. The third-order valence-corrected chi connectivity index (χ3v) is 6.94. The highest BCUT2D eigenvalue weighted by Gasteiger charge is 2.51. The summed E-state index contributed by atoms with van der Waals surface area (Å²) in [7, 11) is 0. The van der Waals surface area contributed by atoms with Crippen molar-refractivity contribution in [2.45, 2.75) is 50.2 Å². The number of rotatable bonds is 2. The highest BCUT2D eigenvalue weighted by atomic mass is 16.5. The van der Waals surface area contributed by atoms with Crippen molar-refractivity contribution in [1.82, 2.24) is 10.2 Å². The van der Waals surface area contributed by atoms with Gasteiger partial charge < -0.3 is 15.0 Å². The van der Waals surface area contributed by atoms with Crippen LogP contribution < -0.4 is 5.32 Å². The summed E-state index contributed by atoms with van der Waals surface area (Å²) in [6.45, 7) is 1.97. The molecule has 4 saturated carbocycles. The van der Waals surface area contributed by atoms with Gasteiger partial charge in [-0.05, 0) is 61.8 Å². The fourth-order valence-corrected chi connectivity index (χ4v) is 6.27. The Labute approximate surface area is 149 Å². The van der Waals surface area contributed by atoms with Crippen molar-refractivity contribution in [2.75, 3.05) is 19.7 Å². The molecular formula is C21H28N2O2. The normalized spacial score (nSPS) is 39.4. The SMILES string of the molecule is O=C(NC12CC3CC(CC(C3)C1)C2)N1CCO[C@@H](c2ccccc2)C1. The maximum absolute atomic E-state index is 13.0. The van der Waals surface area contributed by atoms with E-state index in [0.717, 1.165) is 23.3 Å². The Balaban J connectivity index is 1.27. The van der Waals surface area contributed by atoms with Crippen LogP contribution in [0.25, 0.3) is 0 Å². The number of carbonyl (C=O) groups is 1. The van der Waals surface area contributed by atoms with E-state index >= 15 is 0 Å². The molecule has 5 aliphatic rings. The van der Waals surface area contributed by atoms with Gasteiger partial charge in [0, 0.05) is 12.1 Å². The minimum absolute atomic E-state index is 0.00272. The minimum atomic E-state index is -0.00272. The Morgan fingerprint density at radius 2 is 1.68 bits per heavy atom. The van der Waals surface area contributed by atoms with Crippen molar-refractivity contribution in [1.29, 1.82) is 0 Å². The number of ether oxygens (including phenoxy) is 1. The fourth-order valence-electron chi connectivity index (χ4n) is 6.27. The number of hydrogen-bond acceptors (Lipinski definition) is 2. The van der Waals surface area contributed by atoms with E-state index in [2.05, 4.69) is 17.4 Å². The predicted molar refractivity (Wildman–Crippen MR) is 96.1 cm³/mol. The van der Waals surface area contributed by atoms with Crippen LogP contribution in [0.5, 0.6) is 0 Å². The lowest BCUT2D eigenvalue weighted by Gasteiger charge is -2.57. The maximum atomic E-state index is 13.0. The summed E-state index contributed by atoms with van der Waals surface area (Å²) >= 11 is 0. The molecule has 1 N–H and O–H groups in total. The molecule has 134 valence electrons. The van der Waals surface area contributed by atoms with E-state index in [0.29, 0.717) is 19.7 Å². The molecule has 0 spiro atoms. The summed E-state index contributed by atoms with van der Waals surface area (Å²) in [5, 5.41) is 3.50. The molecule has 1 aromatic rings. The largest absolute Gasteiger partial charge is 0.370 e. The summed E-state index contributed by atoms with van der Waals surface area (Å²) in [6.07, 6.45) is 7.83. The van der Waals surface area contributed by atoms with Crippen molar-refractivity contribution in [3.8, 4) is 0 Å². The molecule has 1 heterocycles. The van der Waals surface area contributed by atoms with Crippen molar-refractivity contribution in [3.05, 3.63) is 35.9 Å². The lowest BCUT2D eigenvalue weighted by atomic mass is 9.53. The molecule has 4 heteroatoms. The van der Waals surface area contributed by atoms with Gasteiger partial charge >= 0.3 is 6.03 Å². The van der Waals surface area contributed by atoms with E-state index in [9.17, 15) is 4.79 Å². The first-order chi connectivity index (χ1) is 12.2. The number of urea groups is 1. The zero-order chi connectivity index (χ0) is 16.9. The standard InChI is InChI=1S/C21H28N2O2/c24-20(22-21-11-15-8-16(12-21)10-17(9-15)13-21)23-6-7-25-19(14-23)18-4-2-1-3-5-18/h1-5,15-17,19H,6-14H2,(H,22,24)/t15?,16?,17?,19-,21?/m1/s1. The van der Waals surface area contributed by atoms with Gasteiger partial charge in [0.2, 0.25) is 0 Å². The average molecular weight is 340 g/mol. The number of amides is 2. The zero-order valence-electron chi connectivity index (χ0n) is 14.8. The number of benzene rings is 1. The molecule has 25 heavy (non-hydrogen) atoms. The monoisotopic (exact) mass is 340 g/mol. The van der Waals surface area contributed by atoms with Crippen LogP contribution in [0.15, 0.2) is 30.3 Å². The first-order valence-corrected chi connectivity index (χ1v) is 9.93. The summed E-state index contributed by atoms with van der Waals surface area (Å²) in [4.78, 5) is 15.0. The number of nitrogens with zero attached hydrogens (tertiary/aromatic N) is 1. The third kappa shape index (κ3) is 2.95. The average Bonchev–Trinajstić information content (AvgIpc) is 2.61. The van der Waals surface area contributed by atoms with Crippen LogP contribution in [0, 0.1) is 17.8 Å². The van der Waals surface area contributed by atoms with E-state index in [1.54, 1.807) is 0 Å². The maximum Gasteiger partial charge on any atom is 0.318 e. The molecule has 0 aromatic heterocycles. The predicted octanol–water partition coefficient (Wildman–Crippen LogP) is 3.74. The second-order valence-corrected chi connectivity index (χ2v) is 8.84. The first kappa shape index (κ1) is 15.7. The van der Waals surface area contributed by atoms with Crippen LogP contribution in [-0.2, 0) is 4.74 Å². The van der Waals surface area contributed by atoms with Crippen molar-refractivity contribution < 1.29 is 9.53 Å². The van der Waals surface area contributed by atoms with Crippen LogP contribution in [0.2, 0.25) is 0 Å². The highest BCUT2D eigenvalue weighted by molar-refractivity contribution is 5.75. The second kappa shape index (κ2) is 6.01. The third-order valence-electron chi connectivity index (χ3n) is 6.94. The Morgan fingerprint density at radius 1 is 1.04 bits per heavy atom. The van der Waals surface area contributed by atoms with Gasteiger partial charge in [-0.2, -0.15) is 0 Å². The van der Waals surface area contributed by atoms with Gasteiger partial charge in [0.15, 0.2) is 0 Å². The number of carbonyl (C=O) groups excluding carboxylic acids is 1. The van der Waals surface area contributed by atoms with Crippen LogP contribution in [0.1, 0.15) is 50.2 Å². The van der Waals surface area contributed by atoms with Gasteiger partial charge in [0.25, 0.3) is 0 Å². The Bertz CT molecular complexity index is 609. The molecule has 1 atom stereocenters. The number of nitrogens with one attached hydrogen (secondary N) is 1. The summed E-state index contributed by atoms with van der Waals surface area (Å²) in [5.74, 6) is 2.56. The lowest BCUT2D eigenvalue weighted by Crippen LogP contribution is -2.62. The molecule has 1 aliphatic heterocycles. The van der Waals surface area contributed by atoms with Crippen molar-refractivity contribution in [2.24, 2.45) is 17.8 Å². The molecule has 0 radical (unpaired) electrons. The quantitative estimate of drug-likeness (QED) is 0.891. The lowest BCUT2D eigenvalue weighted by molar-refractivity contribution is -0.0310. The first-order valence-electron chi connectivity index (χ1n) is 9.93. The van der Waals surface area contributed by atoms with Crippen LogP contribution >= 0.6 is 0 Å². The Hall–Kier alpha value is -1.55. The van der Waals surface area contributed by atoms with Crippen LogP contribution in [0.4, 0.5) is 4.79 Å². The van der Waals surface area contributed by atoms with E-state index in [-0.39, 0.29) is 17.7 Å². The van der Waals surface area contributed by atoms with Gasteiger partial charge in [-0.15, -0.1) is 0 Å². The molecule has 5 fully saturated rings. The summed E-state index contributed by atoms with van der Waals surface area (Å²) < 4.78 is 5.92. The Morgan fingerprint density at radius 3 is 2.32 bits per heavy atom. The molecule has 4 aliphatic carbocycles. The van der Waals surface area contributed by atoms with Gasteiger partial charge in [0.05, 0.1) is 13.2 Å². The number of hydrogen-bond donors (Lipinski definition) is 1. The van der Waals surface area contributed by atoms with Gasteiger partial charge in [-0.25, -0.2) is 4.79 Å². The second-order valence-electron chi connectivity index (χ2n) is 8.84. The summed E-state index contributed by atoms with van der Waals surface area (Å²) in [6, 6.07) is 10.4. The van der Waals surface area contributed by atoms with E-state index in [4.69, 9.17) is 4.74 Å². The van der Waals surface area contributed by atoms with Crippen LogP contribution in [-0.4, -0.2) is 36.2 Å². The van der Waals surface area contributed by atoms with Crippen molar-refractivity contribution in [3.63, 3.8) is 0 Å². The smallest absolute Gasteiger partial charge is 0.318 e. The van der Waals surface area contributed by atoms with Crippen LogP contribution in [0.3, 0.4) is 0 Å². The van der Waals surface area contributed by atoms with Gasteiger partial charge in [-0.3, -0.25) is 0 Å². The molecule has 4 bridgehead atoms. The number of morpholine rings is 1. The van der Waals surface area contributed by atoms with E-state index < -0.39 is 0 Å². The molecule has 6 rings (SSSR count).